The molecule has 4 rings (SSSR count). The van der Waals surface area contributed by atoms with E-state index in [0.29, 0.717) is 0 Å². The molecule has 1 aliphatic heterocycles. The number of nitrogens with zero attached hydrogens (tertiary/aromatic N) is 2. The largest absolute Gasteiger partial charge is 0.350 e. The van der Waals surface area contributed by atoms with E-state index in [0.717, 1.165) is 48.3 Å². The normalized spacial score (nSPS) is 17.7. The molecule has 1 aromatic carbocycles. The number of nitrogens with one attached hydrogen (secondary N) is 1. The number of rotatable bonds is 2. The monoisotopic (exact) mass is 347 g/mol. The second kappa shape index (κ2) is 6.60. The van der Waals surface area contributed by atoms with Crippen LogP contribution in [0.1, 0.15) is 58.2 Å². The molecule has 4 nitrogen and oxygen atoms in total. The first kappa shape index (κ1) is 16.8. The van der Waals surface area contributed by atoms with Crippen LogP contribution in [-0.4, -0.2) is 27.3 Å². The highest BCUT2D eigenvalue weighted by molar-refractivity contribution is 6.02. The quantitative estimate of drug-likeness (QED) is 0.720. The number of aryl methyl sites for hydroxylation is 3. The Morgan fingerprint density at radius 1 is 1.12 bits per heavy atom. The molecule has 1 fully saturated rings. The molecule has 1 saturated heterocycles. The van der Waals surface area contributed by atoms with Crippen molar-refractivity contribution in [3.8, 4) is 0 Å². The van der Waals surface area contributed by atoms with Gasteiger partial charge in [-0.2, -0.15) is 0 Å². The van der Waals surface area contributed by atoms with E-state index in [1.54, 1.807) is 0 Å². The van der Waals surface area contributed by atoms with Crippen LogP contribution in [0.4, 0.5) is 0 Å². The van der Waals surface area contributed by atoms with Gasteiger partial charge in [0.1, 0.15) is 5.69 Å². The first-order valence-corrected chi connectivity index (χ1v) is 9.38. The molecule has 1 N–H and O–H groups in total. The standard InChI is InChI=1S/C22H25N3O/c1-14-10-11-15(2)20-19(14)16(3)21(24-20)22(26)25-13-7-5-9-18(25)17-8-4-6-12-23-17/h4,6,8,10-12,18,24H,5,7,9,13H2,1-3H3. The second-order valence-electron chi connectivity index (χ2n) is 7.34. The summed E-state index contributed by atoms with van der Waals surface area (Å²) in [4.78, 5) is 23.4. The number of H-pyrrole nitrogens is 1. The van der Waals surface area contributed by atoms with Gasteiger partial charge in [0.25, 0.3) is 5.91 Å². The van der Waals surface area contributed by atoms with Gasteiger partial charge in [-0.25, -0.2) is 0 Å². The highest BCUT2D eigenvalue weighted by Crippen LogP contribution is 2.33. The van der Waals surface area contributed by atoms with Gasteiger partial charge >= 0.3 is 0 Å². The van der Waals surface area contributed by atoms with E-state index in [9.17, 15) is 4.79 Å². The number of hydrogen-bond acceptors (Lipinski definition) is 2. The summed E-state index contributed by atoms with van der Waals surface area (Å²) in [5, 5.41) is 1.18. The Hall–Kier alpha value is -2.62. The molecule has 4 heteroatoms. The first-order chi connectivity index (χ1) is 12.6. The van der Waals surface area contributed by atoms with E-state index < -0.39 is 0 Å². The molecule has 0 bridgehead atoms. The van der Waals surface area contributed by atoms with Crippen molar-refractivity contribution in [2.45, 2.75) is 46.1 Å². The Balaban J connectivity index is 1.77. The molecule has 2 aromatic heterocycles. The molecule has 1 unspecified atom stereocenters. The minimum Gasteiger partial charge on any atom is -0.350 e. The Labute approximate surface area is 154 Å². The molecule has 0 aliphatic carbocycles. The molecule has 1 aliphatic rings. The van der Waals surface area contributed by atoms with Crippen molar-refractivity contribution >= 4 is 16.8 Å². The predicted octanol–water partition coefficient (Wildman–Crippen LogP) is 4.86. The van der Waals surface area contributed by atoms with E-state index in [1.165, 1.54) is 16.5 Å². The highest BCUT2D eigenvalue weighted by atomic mass is 16.2. The minimum absolute atomic E-state index is 0.0606. The SMILES string of the molecule is Cc1ccc(C)c2c(C)c(C(=O)N3CCCCC3c3ccccn3)[nH]c12. The molecular weight excluding hydrogens is 322 g/mol. The third kappa shape index (κ3) is 2.70. The zero-order chi connectivity index (χ0) is 18.3. The van der Waals surface area contributed by atoms with E-state index >= 15 is 0 Å². The lowest BCUT2D eigenvalue weighted by atomic mass is 9.97. The number of pyridine rings is 1. The van der Waals surface area contributed by atoms with E-state index in [-0.39, 0.29) is 11.9 Å². The number of hydrogen-bond donors (Lipinski definition) is 1. The van der Waals surface area contributed by atoms with Crippen molar-refractivity contribution in [2.75, 3.05) is 6.54 Å². The van der Waals surface area contributed by atoms with Crippen LogP contribution in [0.25, 0.3) is 10.9 Å². The molecule has 1 amide bonds. The topological polar surface area (TPSA) is 49.0 Å². The Kier molecular flexibility index (Phi) is 4.27. The lowest BCUT2D eigenvalue weighted by Crippen LogP contribution is -2.39. The highest BCUT2D eigenvalue weighted by Gasteiger charge is 2.31. The molecule has 0 radical (unpaired) electrons. The zero-order valence-corrected chi connectivity index (χ0v) is 15.7. The number of aromatic amines is 1. The molecule has 1 atom stereocenters. The summed E-state index contributed by atoms with van der Waals surface area (Å²) >= 11 is 0. The van der Waals surface area contributed by atoms with Gasteiger partial charge in [-0.05, 0) is 68.9 Å². The smallest absolute Gasteiger partial charge is 0.271 e. The molecule has 0 saturated carbocycles. The number of piperidine rings is 1. The summed E-state index contributed by atoms with van der Waals surface area (Å²) in [6.45, 7) is 7.03. The van der Waals surface area contributed by atoms with Gasteiger partial charge < -0.3 is 9.88 Å². The van der Waals surface area contributed by atoms with Crippen molar-refractivity contribution in [3.05, 3.63) is 64.6 Å². The third-order valence-electron chi connectivity index (χ3n) is 5.63. The van der Waals surface area contributed by atoms with Gasteiger partial charge in [-0.15, -0.1) is 0 Å². The summed E-state index contributed by atoms with van der Waals surface area (Å²) in [6, 6.07) is 10.3. The molecule has 26 heavy (non-hydrogen) atoms. The Morgan fingerprint density at radius 3 is 2.65 bits per heavy atom. The molecule has 134 valence electrons. The lowest BCUT2D eigenvalue weighted by molar-refractivity contribution is 0.0600. The van der Waals surface area contributed by atoms with Crippen LogP contribution in [0.5, 0.6) is 0 Å². The maximum absolute atomic E-state index is 13.5. The molecule has 3 heterocycles. The number of aromatic nitrogens is 2. The van der Waals surface area contributed by atoms with Gasteiger partial charge in [-0.3, -0.25) is 9.78 Å². The fraction of sp³-hybridized carbons (Fsp3) is 0.364. The van der Waals surface area contributed by atoms with Gasteiger partial charge in [0.05, 0.1) is 11.7 Å². The van der Waals surface area contributed by atoms with Crippen LogP contribution < -0.4 is 0 Å². The first-order valence-electron chi connectivity index (χ1n) is 9.38. The van der Waals surface area contributed by atoms with Gasteiger partial charge in [0.15, 0.2) is 0 Å². The van der Waals surface area contributed by atoms with Crippen molar-refractivity contribution in [3.63, 3.8) is 0 Å². The van der Waals surface area contributed by atoms with Crippen LogP contribution in [0.3, 0.4) is 0 Å². The van der Waals surface area contributed by atoms with Crippen molar-refractivity contribution in [1.29, 1.82) is 0 Å². The van der Waals surface area contributed by atoms with E-state index in [2.05, 4.69) is 42.9 Å². The van der Waals surface area contributed by atoms with Gasteiger partial charge in [-0.1, -0.05) is 18.2 Å². The van der Waals surface area contributed by atoms with Crippen LogP contribution in [0.15, 0.2) is 36.5 Å². The summed E-state index contributed by atoms with van der Waals surface area (Å²) in [6.07, 6.45) is 4.97. The third-order valence-corrected chi connectivity index (χ3v) is 5.63. The summed E-state index contributed by atoms with van der Waals surface area (Å²) in [5.74, 6) is 0.0906. The minimum atomic E-state index is 0.0606. The predicted molar refractivity (Wildman–Crippen MR) is 104 cm³/mol. The lowest BCUT2D eigenvalue weighted by Gasteiger charge is -2.35. The average Bonchev–Trinajstić information content (AvgIpc) is 3.03. The number of benzene rings is 1. The maximum atomic E-state index is 13.5. The fourth-order valence-corrected chi connectivity index (χ4v) is 4.21. The van der Waals surface area contributed by atoms with Crippen molar-refractivity contribution in [1.82, 2.24) is 14.9 Å². The second-order valence-corrected chi connectivity index (χ2v) is 7.34. The van der Waals surface area contributed by atoms with E-state index in [1.807, 2.05) is 29.3 Å². The Morgan fingerprint density at radius 2 is 1.92 bits per heavy atom. The maximum Gasteiger partial charge on any atom is 0.271 e. The van der Waals surface area contributed by atoms with Gasteiger partial charge in [0.2, 0.25) is 0 Å². The number of carbonyl (C=O) groups is 1. The zero-order valence-electron chi connectivity index (χ0n) is 15.7. The Bertz CT molecular complexity index is 958. The number of likely N-dealkylation sites (tertiary alicyclic amines) is 1. The number of fused-ring (bicyclic) bond motifs is 1. The fourth-order valence-electron chi connectivity index (χ4n) is 4.21. The van der Waals surface area contributed by atoms with Gasteiger partial charge in [0, 0.05) is 23.6 Å². The van der Waals surface area contributed by atoms with Crippen LogP contribution in [0, 0.1) is 20.8 Å². The molecule has 3 aromatic rings. The number of amides is 1. The average molecular weight is 347 g/mol. The summed E-state index contributed by atoms with van der Waals surface area (Å²) < 4.78 is 0. The molecular formula is C22H25N3O. The summed E-state index contributed by atoms with van der Waals surface area (Å²) in [7, 11) is 0. The summed E-state index contributed by atoms with van der Waals surface area (Å²) in [5.41, 5.74) is 6.22. The molecule has 0 spiro atoms. The number of carbonyl (C=O) groups excluding carboxylic acids is 1. The van der Waals surface area contributed by atoms with E-state index in [4.69, 9.17) is 0 Å². The van der Waals surface area contributed by atoms with Crippen molar-refractivity contribution < 1.29 is 4.79 Å². The van der Waals surface area contributed by atoms with Crippen LogP contribution >= 0.6 is 0 Å². The van der Waals surface area contributed by atoms with Crippen LogP contribution in [0.2, 0.25) is 0 Å². The van der Waals surface area contributed by atoms with Crippen molar-refractivity contribution in [2.24, 2.45) is 0 Å². The van der Waals surface area contributed by atoms with Crippen LogP contribution in [-0.2, 0) is 0 Å².